The summed E-state index contributed by atoms with van der Waals surface area (Å²) in [5, 5.41) is 12.0. The Balaban J connectivity index is 2.01. The number of alkyl halides is 3. The van der Waals surface area contributed by atoms with Crippen molar-refractivity contribution in [3.05, 3.63) is 23.9 Å². The minimum Gasteiger partial charge on any atom is -0.396 e. The number of pyridine rings is 1. The first kappa shape index (κ1) is 13.1. The van der Waals surface area contributed by atoms with E-state index in [1.807, 2.05) is 0 Å². The number of aliphatic hydroxyl groups excluding tert-OH is 1. The molecule has 100 valence electrons. The predicted octanol–water partition coefficient (Wildman–Crippen LogP) is 1.52. The fraction of sp³-hybridized carbons (Fsp3) is 0.545. The first-order valence-electron chi connectivity index (χ1n) is 5.42. The van der Waals surface area contributed by atoms with E-state index in [4.69, 9.17) is 4.74 Å². The average Bonchev–Trinajstić information content (AvgIpc) is 2.27. The Morgan fingerprint density at radius 3 is 2.61 bits per heavy atom. The molecule has 0 aromatic carbocycles. The van der Waals surface area contributed by atoms with E-state index in [0.717, 1.165) is 6.07 Å². The summed E-state index contributed by atoms with van der Waals surface area (Å²) in [7, 11) is 0. The molecule has 0 atom stereocenters. The average molecular weight is 262 g/mol. The Hall–Kier alpha value is -1.34. The highest BCUT2D eigenvalue weighted by molar-refractivity contribution is 5.36. The van der Waals surface area contributed by atoms with Gasteiger partial charge < -0.3 is 15.2 Å². The van der Waals surface area contributed by atoms with Crippen molar-refractivity contribution in [2.75, 3.05) is 31.7 Å². The number of hydrogen-bond donors (Lipinski definition) is 2. The lowest BCUT2D eigenvalue weighted by Crippen LogP contribution is -2.50. The van der Waals surface area contributed by atoms with Crippen molar-refractivity contribution < 1.29 is 23.0 Å². The van der Waals surface area contributed by atoms with Crippen molar-refractivity contribution in [1.82, 2.24) is 4.98 Å². The minimum atomic E-state index is -4.45. The van der Waals surface area contributed by atoms with E-state index in [9.17, 15) is 18.3 Å². The second-order valence-corrected chi connectivity index (χ2v) is 4.41. The number of aliphatic hydroxyl groups is 1. The zero-order chi connectivity index (χ0) is 13.2. The smallest absolute Gasteiger partial charge is 0.396 e. The summed E-state index contributed by atoms with van der Waals surface area (Å²) in [5.41, 5.74) is -1.34. The van der Waals surface area contributed by atoms with Crippen LogP contribution in [-0.4, -0.2) is 36.5 Å². The zero-order valence-electron chi connectivity index (χ0n) is 9.50. The molecule has 0 amide bonds. The molecule has 18 heavy (non-hydrogen) atoms. The summed E-state index contributed by atoms with van der Waals surface area (Å²) in [6.45, 7) is 1.06. The van der Waals surface area contributed by atoms with Crippen LogP contribution in [0.5, 0.6) is 0 Å². The molecule has 0 bridgehead atoms. The summed E-state index contributed by atoms with van der Waals surface area (Å²) < 4.78 is 42.3. The third-order valence-corrected chi connectivity index (χ3v) is 2.84. The fourth-order valence-electron chi connectivity index (χ4n) is 1.61. The summed E-state index contributed by atoms with van der Waals surface area (Å²) in [6.07, 6.45) is -4.45. The molecule has 2 N–H and O–H groups in total. The van der Waals surface area contributed by atoms with Crippen LogP contribution >= 0.6 is 0 Å². The van der Waals surface area contributed by atoms with Crippen LogP contribution in [-0.2, 0) is 10.9 Å². The lowest BCUT2D eigenvalue weighted by Gasteiger charge is -2.39. The van der Waals surface area contributed by atoms with Gasteiger partial charge >= 0.3 is 6.18 Å². The maximum atomic E-state index is 12.4. The molecule has 1 saturated heterocycles. The lowest BCUT2D eigenvalue weighted by molar-refractivity contribution is -0.141. The molecule has 4 nitrogen and oxygen atoms in total. The van der Waals surface area contributed by atoms with Gasteiger partial charge in [-0.3, -0.25) is 0 Å². The lowest BCUT2D eigenvalue weighted by atomic mass is 9.87. The van der Waals surface area contributed by atoms with Crippen LogP contribution < -0.4 is 5.32 Å². The molecule has 1 aliphatic heterocycles. The van der Waals surface area contributed by atoms with Gasteiger partial charge in [-0.05, 0) is 12.1 Å². The Morgan fingerprint density at radius 1 is 1.39 bits per heavy atom. The summed E-state index contributed by atoms with van der Waals surface area (Å²) >= 11 is 0. The van der Waals surface area contributed by atoms with Crippen LogP contribution in [0.1, 0.15) is 5.69 Å². The predicted molar refractivity (Wildman–Crippen MR) is 58.1 cm³/mol. The van der Waals surface area contributed by atoms with E-state index in [-0.39, 0.29) is 12.4 Å². The van der Waals surface area contributed by atoms with Gasteiger partial charge in [-0.2, -0.15) is 13.2 Å². The minimum absolute atomic E-state index is 0.0705. The third-order valence-electron chi connectivity index (χ3n) is 2.84. The van der Waals surface area contributed by atoms with E-state index in [0.29, 0.717) is 19.8 Å². The first-order chi connectivity index (χ1) is 8.45. The summed E-state index contributed by atoms with van der Waals surface area (Å²) in [6, 6.07) is 3.67. The van der Waals surface area contributed by atoms with Gasteiger partial charge in [-0.15, -0.1) is 0 Å². The largest absolute Gasteiger partial charge is 0.433 e. The van der Waals surface area contributed by atoms with Crippen molar-refractivity contribution in [3.8, 4) is 0 Å². The Kier molecular flexibility index (Phi) is 3.45. The number of hydrogen-bond acceptors (Lipinski definition) is 4. The van der Waals surface area contributed by atoms with Gasteiger partial charge in [-0.1, -0.05) is 6.07 Å². The normalized spacial score (nSPS) is 18.2. The molecular formula is C11H13F3N2O2. The van der Waals surface area contributed by atoms with Gasteiger partial charge in [0.1, 0.15) is 11.5 Å². The summed E-state index contributed by atoms with van der Waals surface area (Å²) in [4.78, 5) is 3.48. The number of nitrogens with zero attached hydrogens (tertiary/aromatic N) is 1. The van der Waals surface area contributed by atoms with Crippen LogP contribution in [0.15, 0.2) is 18.2 Å². The Morgan fingerprint density at radius 2 is 2.11 bits per heavy atom. The van der Waals surface area contributed by atoms with Gasteiger partial charge in [0.2, 0.25) is 0 Å². The van der Waals surface area contributed by atoms with Crippen LogP contribution in [0.2, 0.25) is 0 Å². The molecule has 0 spiro atoms. The van der Waals surface area contributed by atoms with Crippen molar-refractivity contribution in [1.29, 1.82) is 0 Å². The van der Waals surface area contributed by atoms with Crippen molar-refractivity contribution in [2.24, 2.45) is 5.41 Å². The van der Waals surface area contributed by atoms with E-state index >= 15 is 0 Å². The van der Waals surface area contributed by atoms with Crippen LogP contribution in [0, 0.1) is 5.41 Å². The highest BCUT2D eigenvalue weighted by Crippen LogP contribution is 2.29. The number of rotatable bonds is 4. The molecule has 7 heteroatoms. The molecule has 1 aliphatic rings. The number of nitrogens with one attached hydrogen (secondary N) is 1. The second kappa shape index (κ2) is 4.74. The van der Waals surface area contributed by atoms with Crippen molar-refractivity contribution in [3.63, 3.8) is 0 Å². The molecule has 0 aliphatic carbocycles. The van der Waals surface area contributed by atoms with Crippen LogP contribution in [0.3, 0.4) is 0 Å². The molecular weight excluding hydrogens is 249 g/mol. The highest BCUT2D eigenvalue weighted by Gasteiger charge is 2.38. The van der Waals surface area contributed by atoms with E-state index < -0.39 is 17.3 Å². The molecule has 1 fully saturated rings. The maximum absolute atomic E-state index is 12.4. The number of anilines is 1. The molecule has 0 saturated carbocycles. The highest BCUT2D eigenvalue weighted by atomic mass is 19.4. The fourth-order valence-corrected chi connectivity index (χ4v) is 1.61. The van der Waals surface area contributed by atoms with E-state index in [1.54, 1.807) is 0 Å². The Bertz CT molecular complexity index is 413. The van der Waals surface area contributed by atoms with Gasteiger partial charge in [0, 0.05) is 6.54 Å². The van der Waals surface area contributed by atoms with E-state index in [1.165, 1.54) is 12.1 Å². The third kappa shape index (κ3) is 2.73. The number of ether oxygens (including phenoxy) is 1. The maximum Gasteiger partial charge on any atom is 0.433 e. The van der Waals surface area contributed by atoms with Gasteiger partial charge in [-0.25, -0.2) is 4.98 Å². The number of halogens is 3. The van der Waals surface area contributed by atoms with Crippen molar-refractivity contribution in [2.45, 2.75) is 6.18 Å². The zero-order valence-corrected chi connectivity index (χ0v) is 9.50. The molecule has 2 rings (SSSR count). The van der Waals surface area contributed by atoms with Crippen LogP contribution in [0.25, 0.3) is 0 Å². The molecule has 1 aromatic heterocycles. The Labute approximate surface area is 102 Å². The number of aromatic nitrogens is 1. The molecule has 1 aromatic rings. The van der Waals surface area contributed by atoms with Gasteiger partial charge in [0.15, 0.2) is 0 Å². The quantitative estimate of drug-likeness (QED) is 0.864. The SMILES string of the molecule is OCC1(CNc2cccc(C(F)(F)F)n2)COC1. The molecule has 0 unspecified atom stereocenters. The van der Waals surface area contributed by atoms with Crippen molar-refractivity contribution >= 4 is 5.82 Å². The van der Waals surface area contributed by atoms with E-state index in [2.05, 4.69) is 10.3 Å². The summed E-state index contributed by atoms with van der Waals surface area (Å²) in [5.74, 6) is 0.143. The second-order valence-electron chi connectivity index (χ2n) is 4.41. The van der Waals surface area contributed by atoms with Crippen LogP contribution in [0.4, 0.5) is 19.0 Å². The monoisotopic (exact) mass is 262 g/mol. The van der Waals surface area contributed by atoms with Gasteiger partial charge in [0.25, 0.3) is 0 Å². The molecule has 2 heterocycles. The first-order valence-corrected chi connectivity index (χ1v) is 5.42. The standard InChI is InChI=1S/C11H13F3N2O2/c12-11(13,14)8-2-1-3-9(16-8)15-4-10(5-17)6-18-7-10/h1-3,17H,4-7H2,(H,15,16). The molecule has 0 radical (unpaired) electrons. The van der Waals surface area contributed by atoms with Gasteiger partial charge in [0.05, 0.1) is 25.2 Å². The topological polar surface area (TPSA) is 54.4 Å².